The normalized spacial score (nSPS) is 11.2. The minimum absolute atomic E-state index is 0.139. The molecule has 0 spiro atoms. The van der Waals surface area contributed by atoms with Crippen molar-refractivity contribution in [1.29, 1.82) is 0 Å². The molecule has 1 aromatic carbocycles. The molecule has 0 radical (unpaired) electrons. The van der Waals surface area contributed by atoms with Gasteiger partial charge in [0.15, 0.2) is 5.75 Å². The summed E-state index contributed by atoms with van der Waals surface area (Å²) in [4.78, 5) is 12.1. The van der Waals surface area contributed by atoms with E-state index in [-0.39, 0.29) is 11.3 Å². The lowest BCUT2D eigenvalue weighted by atomic mass is 9.92. The van der Waals surface area contributed by atoms with Gasteiger partial charge in [-0.25, -0.2) is 0 Å². The first kappa shape index (κ1) is 15.3. The van der Waals surface area contributed by atoms with Crippen molar-refractivity contribution in [3.63, 3.8) is 0 Å². The van der Waals surface area contributed by atoms with E-state index in [1.807, 2.05) is 6.92 Å². The van der Waals surface area contributed by atoms with Crippen LogP contribution in [-0.4, -0.2) is 19.1 Å². The second-order valence-corrected chi connectivity index (χ2v) is 5.72. The van der Waals surface area contributed by atoms with E-state index in [4.69, 9.17) is 10.5 Å². The molecule has 3 N–H and O–H groups in total. The lowest BCUT2D eigenvalue weighted by Gasteiger charge is -2.18. The third kappa shape index (κ3) is 4.81. The van der Waals surface area contributed by atoms with Crippen LogP contribution in [0.1, 0.15) is 44.5 Å². The molecule has 0 saturated carbocycles. The third-order valence-electron chi connectivity index (χ3n) is 2.74. The van der Waals surface area contributed by atoms with Gasteiger partial charge in [-0.1, -0.05) is 26.8 Å². The first-order chi connectivity index (χ1) is 8.85. The Balaban J connectivity index is 2.74. The SMILES string of the molecule is CCOc1c(N)cccc1C(=O)NCCC(C)(C)C. The zero-order chi connectivity index (χ0) is 14.5. The summed E-state index contributed by atoms with van der Waals surface area (Å²) < 4.78 is 5.45. The second-order valence-electron chi connectivity index (χ2n) is 5.72. The number of carbonyl (C=O) groups is 1. The molecule has 0 atom stereocenters. The summed E-state index contributed by atoms with van der Waals surface area (Å²) in [7, 11) is 0. The fourth-order valence-electron chi connectivity index (χ4n) is 1.69. The number of para-hydroxylation sites is 1. The van der Waals surface area contributed by atoms with E-state index < -0.39 is 0 Å². The van der Waals surface area contributed by atoms with Crippen molar-refractivity contribution >= 4 is 11.6 Å². The summed E-state index contributed by atoms with van der Waals surface area (Å²) in [5.74, 6) is 0.332. The molecule has 1 rings (SSSR count). The van der Waals surface area contributed by atoms with Gasteiger partial charge in [-0.05, 0) is 30.9 Å². The van der Waals surface area contributed by atoms with Gasteiger partial charge < -0.3 is 15.8 Å². The minimum Gasteiger partial charge on any atom is -0.491 e. The highest BCUT2D eigenvalue weighted by molar-refractivity contribution is 5.98. The Hall–Kier alpha value is -1.71. The molecule has 106 valence electrons. The van der Waals surface area contributed by atoms with Crippen molar-refractivity contribution in [2.24, 2.45) is 5.41 Å². The van der Waals surface area contributed by atoms with Crippen LogP contribution < -0.4 is 15.8 Å². The number of ether oxygens (including phenoxy) is 1. The molecule has 0 saturated heterocycles. The number of hydrogen-bond donors (Lipinski definition) is 2. The largest absolute Gasteiger partial charge is 0.491 e. The Labute approximate surface area is 115 Å². The number of amides is 1. The van der Waals surface area contributed by atoms with Gasteiger partial charge in [-0.2, -0.15) is 0 Å². The number of nitrogen functional groups attached to an aromatic ring is 1. The zero-order valence-corrected chi connectivity index (χ0v) is 12.2. The van der Waals surface area contributed by atoms with Crippen molar-refractivity contribution in [3.05, 3.63) is 23.8 Å². The standard InChI is InChI=1S/C15H24N2O2/c1-5-19-13-11(7-6-8-12(13)16)14(18)17-10-9-15(2,3)4/h6-8H,5,9-10,16H2,1-4H3,(H,17,18). The monoisotopic (exact) mass is 264 g/mol. The fourth-order valence-corrected chi connectivity index (χ4v) is 1.69. The van der Waals surface area contributed by atoms with Crippen molar-refractivity contribution in [3.8, 4) is 5.75 Å². The smallest absolute Gasteiger partial charge is 0.255 e. The third-order valence-corrected chi connectivity index (χ3v) is 2.74. The van der Waals surface area contributed by atoms with Gasteiger partial charge in [0.05, 0.1) is 17.9 Å². The molecule has 0 bridgehead atoms. The van der Waals surface area contributed by atoms with Gasteiger partial charge in [0, 0.05) is 6.54 Å². The van der Waals surface area contributed by atoms with E-state index in [0.29, 0.717) is 30.2 Å². The van der Waals surface area contributed by atoms with Crippen LogP contribution >= 0.6 is 0 Å². The van der Waals surface area contributed by atoms with E-state index in [2.05, 4.69) is 26.1 Å². The van der Waals surface area contributed by atoms with Gasteiger partial charge in [-0.15, -0.1) is 0 Å². The Morgan fingerprint density at radius 1 is 1.37 bits per heavy atom. The van der Waals surface area contributed by atoms with Crippen LogP contribution in [0.15, 0.2) is 18.2 Å². The molecule has 19 heavy (non-hydrogen) atoms. The summed E-state index contributed by atoms with van der Waals surface area (Å²) in [6.07, 6.45) is 0.922. The number of hydrogen-bond acceptors (Lipinski definition) is 3. The Morgan fingerprint density at radius 2 is 2.05 bits per heavy atom. The Bertz CT molecular complexity index is 436. The summed E-state index contributed by atoms with van der Waals surface area (Å²) >= 11 is 0. The number of anilines is 1. The number of carbonyl (C=O) groups excluding carboxylic acids is 1. The van der Waals surface area contributed by atoms with Crippen molar-refractivity contribution in [2.45, 2.75) is 34.1 Å². The van der Waals surface area contributed by atoms with Crippen LogP contribution in [0.25, 0.3) is 0 Å². The molecule has 4 nitrogen and oxygen atoms in total. The molecule has 0 aliphatic carbocycles. The van der Waals surface area contributed by atoms with E-state index >= 15 is 0 Å². The summed E-state index contributed by atoms with van der Waals surface area (Å²) in [5.41, 5.74) is 7.03. The van der Waals surface area contributed by atoms with Crippen LogP contribution in [0.5, 0.6) is 5.75 Å². The summed E-state index contributed by atoms with van der Waals surface area (Å²) in [6, 6.07) is 5.22. The maximum atomic E-state index is 12.1. The maximum absolute atomic E-state index is 12.1. The van der Waals surface area contributed by atoms with E-state index in [1.165, 1.54) is 0 Å². The number of nitrogens with one attached hydrogen (secondary N) is 1. The summed E-state index contributed by atoms with van der Waals surface area (Å²) in [5, 5.41) is 2.91. The zero-order valence-electron chi connectivity index (χ0n) is 12.2. The first-order valence-electron chi connectivity index (χ1n) is 6.64. The lowest BCUT2D eigenvalue weighted by molar-refractivity contribution is 0.0946. The molecular formula is C15H24N2O2. The van der Waals surface area contributed by atoms with Gasteiger partial charge in [-0.3, -0.25) is 4.79 Å². The quantitative estimate of drug-likeness (QED) is 0.804. The lowest BCUT2D eigenvalue weighted by Crippen LogP contribution is -2.27. The Kier molecular flexibility index (Phi) is 5.21. The van der Waals surface area contributed by atoms with E-state index in [0.717, 1.165) is 6.42 Å². The molecular weight excluding hydrogens is 240 g/mol. The predicted molar refractivity (Wildman–Crippen MR) is 78.4 cm³/mol. The van der Waals surface area contributed by atoms with Crippen molar-refractivity contribution < 1.29 is 9.53 Å². The maximum Gasteiger partial charge on any atom is 0.255 e. The van der Waals surface area contributed by atoms with Crippen LogP contribution in [0.3, 0.4) is 0 Å². The number of rotatable bonds is 5. The van der Waals surface area contributed by atoms with Gasteiger partial charge in [0.25, 0.3) is 5.91 Å². The van der Waals surface area contributed by atoms with Gasteiger partial charge in [0.2, 0.25) is 0 Å². The molecule has 0 unspecified atom stereocenters. The molecule has 0 aliphatic rings. The molecule has 0 heterocycles. The number of nitrogens with two attached hydrogens (primary N) is 1. The van der Waals surface area contributed by atoms with Gasteiger partial charge in [0.1, 0.15) is 0 Å². The molecule has 0 aliphatic heterocycles. The van der Waals surface area contributed by atoms with Gasteiger partial charge >= 0.3 is 0 Å². The average Bonchev–Trinajstić information content (AvgIpc) is 2.30. The highest BCUT2D eigenvalue weighted by Gasteiger charge is 2.16. The van der Waals surface area contributed by atoms with Crippen LogP contribution in [0.2, 0.25) is 0 Å². The molecule has 4 heteroatoms. The van der Waals surface area contributed by atoms with E-state index in [1.54, 1.807) is 18.2 Å². The average molecular weight is 264 g/mol. The molecule has 1 aromatic rings. The fraction of sp³-hybridized carbons (Fsp3) is 0.533. The first-order valence-corrected chi connectivity index (χ1v) is 6.64. The second kappa shape index (κ2) is 6.45. The molecule has 0 fully saturated rings. The van der Waals surface area contributed by atoms with Crippen LogP contribution in [0.4, 0.5) is 5.69 Å². The minimum atomic E-state index is -0.139. The van der Waals surface area contributed by atoms with Crippen LogP contribution in [0, 0.1) is 5.41 Å². The highest BCUT2D eigenvalue weighted by Crippen LogP contribution is 2.26. The van der Waals surface area contributed by atoms with Crippen molar-refractivity contribution in [2.75, 3.05) is 18.9 Å². The Morgan fingerprint density at radius 3 is 2.63 bits per heavy atom. The molecule has 1 amide bonds. The summed E-state index contributed by atoms with van der Waals surface area (Å²) in [6.45, 7) is 9.43. The van der Waals surface area contributed by atoms with Crippen molar-refractivity contribution in [1.82, 2.24) is 5.32 Å². The highest BCUT2D eigenvalue weighted by atomic mass is 16.5. The predicted octanol–water partition coefficient (Wildman–Crippen LogP) is 2.83. The topological polar surface area (TPSA) is 64.3 Å². The van der Waals surface area contributed by atoms with Crippen LogP contribution in [-0.2, 0) is 0 Å². The number of benzene rings is 1. The molecule has 0 aromatic heterocycles. The van der Waals surface area contributed by atoms with E-state index in [9.17, 15) is 4.79 Å².